The van der Waals surface area contributed by atoms with E-state index in [1.165, 1.54) is 5.56 Å². The van der Waals surface area contributed by atoms with Gasteiger partial charge in [0.2, 0.25) is 5.91 Å². The van der Waals surface area contributed by atoms with Crippen molar-refractivity contribution < 1.29 is 9.59 Å². The number of hydrogen-bond donors (Lipinski definition) is 1. The van der Waals surface area contributed by atoms with Gasteiger partial charge in [-0.1, -0.05) is 42.5 Å². The number of benzene rings is 2. The van der Waals surface area contributed by atoms with Gasteiger partial charge in [-0.25, -0.2) is 0 Å². The molecule has 1 fully saturated rings. The van der Waals surface area contributed by atoms with Gasteiger partial charge < -0.3 is 10.2 Å². The summed E-state index contributed by atoms with van der Waals surface area (Å²) in [5.41, 5.74) is 2.88. The van der Waals surface area contributed by atoms with Gasteiger partial charge in [-0.2, -0.15) is 0 Å². The summed E-state index contributed by atoms with van der Waals surface area (Å²) in [5.74, 6) is 0.478. The van der Waals surface area contributed by atoms with Gasteiger partial charge in [0, 0.05) is 31.8 Å². The maximum absolute atomic E-state index is 12.4. The van der Waals surface area contributed by atoms with Crippen LogP contribution in [-0.2, 0) is 4.79 Å². The zero-order valence-corrected chi connectivity index (χ0v) is 15.0. The fraction of sp³-hybridized carbons (Fsp3) is 0.273. The zero-order chi connectivity index (χ0) is 18.4. The van der Waals surface area contributed by atoms with Crippen molar-refractivity contribution >= 4 is 17.9 Å². The molecule has 1 saturated heterocycles. The van der Waals surface area contributed by atoms with E-state index in [9.17, 15) is 9.59 Å². The summed E-state index contributed by atoms with van der Waals surface area (Å²) in [5, 5.41) is 2.59. The van der Waals surface area contributed by atoms with Crippen LogP contribution in [0.25, 0.3) is 6.08 Å². The second-order valence-electron chi connectivity index (χ2n) is 6.54. The van der Waals surface area contributed by atoms with Crippen LogP contribution in [0.15, 0.2) is 60.7 Å². The molecule has 2 amide bonds. The monoisotopic (exact) mass is 348 g/mol. The Bertz CT molecular complexity index is 774. The van der Waals surface area contributed by atoms with Crippen molar-refractivity contribution in [3.05, 3.63) is 77.4 Å². The predicted octanol–water partition coefficient (Wildman–Crippen LogP) is 3.47. The molecule has 0 spiro atoms. The first-order valence-electron chi connectivity index (χ1n) is 9.01. The van der Waals surface area contributed by atoms with Crippen molar-refractivity contribution in [1.82, 2.24) is 10.2 Å². The van der Waals surface area contributed by atoms with Crippen LogP contribution < -0.4 is 5.32 Å². The molecule has 0 bridgehead atoms. The van der Waals surface area contributed by atoms with Gasteiger partial charge in [0.15, 0.2) is 0 Å². The number of amides is 2. The van der Waals surface area contributed by atoms with Gasteiger partial charge in [-0.15, -0.1) is 0 Å². The lowest BCUT2D eigenvalue weighted by Gasteiger charge is -2.31. The molecule has 0 saturated carbocycles. The Morgan fingerprint density at radius 2 is 1.65 bits per heavy atom. The highest BCUT2D eigenvalue weighted by Crippen LogP contribution is 2.27. The van der Waals surface area contributed by atoms with Gasteiger partial charge >= 0.3 is 0 Å². The smallest absolute Gasteiger partial charge is 0.251 e. The van der Waals surface area contributed by atoms with Crippen LogP contribution >= 0.6 is 0 Å². The number of carbonyl (C=O) groups is 2. The maximum atomic E-state index is 12.4. The topological polar surface area (TPSA) is 49.4 Å². The van der Waals surface area contributed by atoms with E-state index >= 15 is 0 Å². The van der Waals surface area contributed by atoms with Gasteiger partial charge in [0.05, 0.1) is 0 Å². The van der Waals surface area contributed by atoms with Crippen LogP contribution in [0.1, 0.15) is 40.2 Å². The highest BCUT2D eigenvalue weighted by Gasteiger charge is 2.22. The molecule has 0 aromatic heterocycles. The molecule has 3 rings (SSSR count). The van der Waals surface area contributed by atoms with Crippen LogP contribution in [0.3, 0.4) is 0 Å². The number of rotatable bonds is 4. The summed E-state index contributed by atoms with van der Waals surface area (Å²) < 4.78 is 0. The second-order valence-corrected chi connectivity index (χ2v) is 6.54. The molecule has 134 valence electrons. The maximum Gasteiger partial charge on any atom is 0.251 e. The molecular formula is C22H24N2O2. The van der Waals surface area contributed by atoms with Crippen LogP contribution in [-0.4, -0.2) is 36.9 Å². The SMILES string of the molecule is CNC(=O)c1ccc(/C=C/C(=O)N2CCC(c3ccccc3)CC2)cc1. The summed E-state index contributed by atoms with van der Waals surface area (Å²) >= 11 is 0. The van der Waals surface area contributed by atoms with Crippen LogP contribution in [0, 0.1) is 0 Å². The van der Waals surface area contributed by atoms with E-state index in [-0.39, 0.29) is 11.8 Å². The standard InChI is InChI=1S/C22H24N2O2/c1-23-22(26)20-10-7-17(8-11-20)9-12-21(25)24-15-13-19(14-16-24)18-5-3-2-4-6-18/h2-12,19H,13-16H2,1H3,(H,23,26)/b12-9+. The van der Waals surface area contributed by atoms with Gasteiger partial charge in [-0.3, -0.25) is 9.59 Å². The fourth-order valence-electron chi connectivity index (χ4n) is 3.32. The summed E-state index contributed by atoms with van der Waals surface area (Å²) in [6.45, 7) is 1.58. The Balaban J connectivity index is 1.54. The number of hydrogen-bond acceptors (Lipinski definition) is 2. The fourth-order valence-corrected chi connectivity index (χ4v) is 3.32. The molecule has 0 radical (unpaired) electrons. The van der Waals surface area contributed by atoms with E-state index in [0.29, 0.717) is 11.5 Å². The Hall–Kier alpha value is -2.88. The lowest BCUT2D eigenvalue weighted by molar-refractivity contribution is -0.126. The highest BCUT2D eigenvalue weighted by molar-refractivity contribution is 5.94. The predicted molar refractivity (Wildman–Crippen MR) is 104 cm³/mol. The van der Waals surface area contributed by atoms with Gasteiger partial charge in [-0.05, 0) is 48.1 Å². The first-order chi connectivity index (χ1) is 12.7. The van der Waals surface area contributed by atoms with E-state index in [2.05, 4.69) is 29.6 Å². The third kappa shape index (κ3) is 4.39. The van der Waals surface area contributed by atoms with Crippen LogP contribution in [0.2, 0.25) is 0 Å². The molecule has 2 aromatic carbocycles. The number of nitrogens with one attached hydrogen (secondary N) is 1. The summed E-state index contributed by atoms with van der Waals surface area (Å²) in [4.78, 5) is 25.9. The number of carbonyl (C=O) groups excluding carboxylic acids is 2. The quantitative estimate of drug-likeness (QED) is 0.860. The first kappa shape index (κ1) is 17.9. The molecule has 0 unspecified atom stereocenters. The van der Waals surface area contributed by atoms with Crippen molar-refractivity contribution in [3.8, 4) is 0 Å². The Morgan fingerprint density at radius 3 is 2.27 bits per heavy atom. The van der Waals surface area contributed by atoms with Crippen molar-refractivity contribution in [3.63, 3.8) is 0 Å². The second kappa shape index (κ2) is 8.48. The average molecular weight is 348 g/mol. The molecule has 0 aliphatic carbocycles. The van der Waals surface area contributed by atoms with Crippen molar-refractivity contribution in [2.75, 3.05) is 20.1 Å². The summed E-state index contributed by atoms with van der Waals surface area (Å²) in [7, 11) is 1.61. The third-order valence-electron chi connectivity index (χ3n) is 4.90. The molecule has 2 aromatic rings. The first-order valence-corrected chi connectivity index (χ1v) is 9.01. The van der Waals surface area contributed by atoms with E-state index in [1.54, 1.807) is 31.3 Å². The minimum Gasteiger partial charge on any atom is -0.355 e. The molecule has 4 nitrogen and oxygen atoms in total. The lowest BCUT2D eigenvalue weighted by atomic mass is 9.89. The van der Waals surface area contributed by atoms with Crippen LogP contribution in [0.5, 0.6) is 0 Å². The summed E-state index contributed by atoms with van der Waals surface area (Å²) in [6, 6.07) is 17.7. The molecule has 4 heteroatoms. The van der Waals surface area contributed by atoms with E-state index in [4.69, 9.17) is 0 Å². The van der Waals surface area contributed by atoms with Crippen molar-refractivity contribution in [2.24, 2.45) is 0 Å². The van der Waals surface area contributed by atoms with E-state index < -0.39 is 0 Å². The molecule has 1 aliphatic heterocycles. The van der Waals surface area contributed by atoms with E-state index in [1.807, 2.05) is 23.1 Å². The largest absolute Gasteiger partial charge is 0.355 e. The normalized spacial score (nSPS) is 15.2. The Morgan fingerprint density at radius 1 is 1.00 bits per heavy atom. The molecule has 1 aliphatic rings. The van der Waals surface area contributed by atoms with Crippen molar-refractivity contribution in [2.45, 2.75) is 18.8 Å². The third-order valence-corrected chi connectivity index (χ3v) is 4.90. The lowest BCUT2D eigenvalue weighted by Crippen LogP contribution is -2.36. The van der Waals surface area contributed by atoms with Gasteiger partial charge in [0.1, 0.15) is 0 Å². The zero-order valence-electron chi connectivity index (χ0n) is 15.0. The number of piperidine rings is 1. The minimum atomic E-state index is -0.113. The molecule has 1 N–H and O–H groups in total. The van der Waals surface area contributed by atoms with Gasteiger partial charge in [0.25, 0.3) is 5.91 Å². The molecule has 1 heterocycles. The average Bonchev–Trinajstić information content (AvgIpc) is 2.72. The van der Waals surface area contributed by atoms with Crippen LogP contribution in [0.4, 0.5) is 0 Å². The van der Waals surface area contributed by atoms with E-state index in [0.717, 1.165) is 31.5 Å². The molecular weight excluding hydrogens is 324 g/mol. The summed E-state index contributed by atoms with van der Waals surface area (Å²) in [6.07, 6.45) is 5.44. The Kier molecular flexibility index (Phi) is 5.84. The van der Waals surface area contributed by atoms with Crippen molar-refractivity contribution in [1.29, 1.82) is 0 Å². The number of nitrogens with zero attached hydrogens (tertiary/aromatic N) is 1. The number of likely N-dealkylation sites (tertiary alicyclic amines) is 1. The molecule has 26 heavy (non-hydrogen) atoms. The molecule has 0 atom stereocenters. The highest BCUT2D eigenvalue weighted by atomic mass is 16.2. The Labute approximate surface area is 154 Å². The minimum absolute atomic E-state index is 0.0480.